The third-order valence-electron chi connectivity index (χ3n) is 2.20. The van der Waals surface area contributed by atoms with Gasteiger partial charge in [-0.1, -0.05) is 6.92 Å². The fraction of sp³-hybridized carbons (Fsp3) is 0.667. The fourth-order valence-electron chi connectivity index (χ4n) is 1.29. The van der Waals surface area contributed by atoms with E-state index in [0.717, 1.165) is 0 Å². The average molecular weight is 246 g/mol. The van der Waals surface area contributed by atoms with Gasteiger partial charge in [0.05, 0.1) is 11.6 Å². The molecule has 16 heavy (non-hydrogen) atoms. The maximum atomic E-state index is 11.4. The third kappa shape index (κ3) is 3.41. The van der Waals surface area contributed by atoms with E-state index in [1.165, 1.54) is 16.7 Å². The van der Waals surface area contributed by atoms with Gasteiger partial charge in [0.15, 0.2) is 0 Å². The molecule has 0 saturated carbocycles. The Kier molecular flexibility index (Phi) is 4.60. The van der Waals surface area contributed by atoms with Gasteiger partial charge >= 0.3 is 5.97 Å². The quantitative estimate of drug-likeness (QED) is 0.683. The monoisotopic (exact) mass is 246 g/mol. The Morgan fingerprint density at radius 3 is 2.75 bits per heavy atom. The summed E-state index contributed by atoms with van der Waals surface area (Å²) in [6.45, 7) is 1.62. The van der Waals surface area contributed by atoms with Crippen LogP contribution >= 0.6 is 11.8 Å². The standard InChI is InChI=1S/C9H14N2O4S/c1-2-6(9(14)15)10-7(12)3-11-5-16-4-8(11)13/h6H,2-5H2,1H3,(H,10,12)(H,14,15). The lowest BCUT2D eigenvalue weighted by Crippen LogP contribution is -2.45. The lowest BCUT2D eigenvalue weighted by atomic mass is 10.2. The lowest BCUT2D eigenvalue weighted by molar-refractivity contribution is -0.142. The van der Waals surface area contributed by atoms with Gasteiger partial charge in [-0.2, -0.15) is 0 Å². The molecule has 2 amide bonds. The summed E-state index contributed by atoms with van der Waals surface area (Å²) < 4.78 is 0. The van der Waals surface area contributed by atoms with Gasteiger partial charge in [0.1, 0.15) is 12.6 Å². The Balaban J connectivity index is 2.40. The molecule has 1 atom stereocenters. The number of hydrogen-bond acceptors (Lipinski definition) is 4. The number of rotatable bonds is 5. The molecule has 0 aromatic carbocycles. The van der Waals surface area contributed by atoms with Crippen molar-refractivity contribution in [2.45, 2.75) is 19.4 Å². The maximum absolute atomic E-state index is 11.4. The van der Waals surface area contributed by atoms with E-state index >= 15 is 0 Å². The summed E-state index contributed by atoms with van der Waals surface area (Å²) in [5.74, 6) is -0.675. The number of carbonyl (C=O) groups is 3. The second-order valence-corrected chi connectivity index (χ2v) is 4.39. The molecule has 0 radical (unpaired) electrons. The minimum absolute atomic E-state index is 0.0599. The highest BCUT2D eigenvalue weighted by molar-refractivity contribution is 8.00. The Morgan fingerprint density at radius 1 is 1.62 bits per heavy atom. The molecule has 1 unspecified atom stereocenters. The van der Waals surface area contributed by atoms with E-state index in [9.17, 15) is 14.4 Å². The van der Waals surface area contributed by atoms with Gasteiger partial charge in [-0.15, -0.1) is 11.8 Å². The van der Waals surface area contributed by atoms with Crippen LogP contribution in [0.1, 0.15) is 13.3 Å². The van der Waals surface area contributed by atoms with Gasteiger partial charge in [0.25, 0.3) is 0 Å². The molecule has 1 rings (SSSR count). The molecular formula is C9H14N2O4S. The molecule has 0 aliphatic carbocycles. The number of thioether (sulfide) groups is 1. The van der Waals surface area contributed by atoms with Crippen LogP contribution in [0, 0.1) is 0 Å². The Morgan fingerprint density at radius 2 is 2.31 bits per heavy atom. The minimum Gasteiger partial charge on any atom is -0.480 e. The van der Waals surface area contributed by atoms with Crippen molar-refractivity contribution in [3.8, 4) is 0 Å². The molecule has 2 N–H and O–H groups in total. The van der Waals surface area contributed by atoms with Crippen LogP contribution < -0.4 is 5.32 Å². The topological polar surface area (TPSA) is 86.7 Å². The van der Waals surface area contributed by atoms with Crippen molar-refractivity contribution in [2.24, 2.45) is 0 Å². The molecule has 1 saturated heterocycles. The van der Waals surface area contributed by atoms with Gasteiger partial charge in [-0.3, -0.25) is 9.59 Å². The van der Waals surface area contributed by atoms with Crippen LogP contribution in [0.3, 0.4) is 0 Å². The predicted octanol–water partition coefficient (Wildman–Crippen LogP) is -0.501. The van der Waals surface area contributed by atoms with Crippen LogP contribution in [0.4, 0.5) is 0 Å². The first-order valence-corrected chi connectivity index (χ1v) is 6.07. The zero-order valence-corrected chi connectivity index (χ0v) is 9.75. The number of carboxylic acid groups (broad SMARTS) is 1. The average Bonchev–Trinajstić information content (AvgIpc) is 2.60. The number of nitrogens with zero attached hydrogens (tertiary/aromatic N) is 1. The minimum atomic E-state index is -1.06. The molecule has 0 spiro atoms. The fourth-order valence-corrected chi connectivity index (χ4v) is 2.20. The van der Waals surface area contributed by atoms with E-state index in [2.05, 4.69) is 5.32 Å². The van der Waals surface area contributed by atoms with Crippen LogP contribution in [0.25, 0.3) is 0 Å². The zero-order valence-electron chi connectivity index (χ0n) is 8.93. The van der Waals surface area contributed by atoms with E-state index in [4.69, 9.17) is 5.11 Å². The Bertz CT molecular complexity index is 302. The smallest absolute Gasteiger partial charge is 0.326 e. The number of amides is 2. The second-order valence-electron chi connectivity index (χ2n) is 3.44. The van der Waals surface area contributed by atoms with Gasteiger partial charge in [0.2, 0.25) is 11.8 Å². The number of carboxylic acids is 1. The molecule has 90 valence electrons. The maximum Gasteiger partial charge on any atom is 0.326 e. The van der Waals surface area contributed by atoms with E-state index in [-0.39, 0.29) is 12.5 Å². The highest BCUT2D eigenvalue weighted by Crippen LogP contribution is 2.13. The molecule has 0 aromatic rings. The molecule has 1 aliphatic rings. The van der Waals surface area contributed by atoms with E-state index < -0.39 is 17.9 Å². The molecule has 6 nitrogen and oxygen atoms in total. The number of nitrogens with one attached hydrogen (secondary N) is 1. The van der Waals surface area contributed by atoms with Crippen LogP contribution in [-0.2, 0) is 14.4 Å². The SMILES string of the molecule is CCC(NC(=O)CN1CSCC1=O)C(=O)O. The van der Waals surface area contributed by atoms with Crippen molar-refractivity contribution < 1.29 is 19.5 Å². The number of hydrogen-bond donors (Lipinski definition) is 2. The van der Waals surface area contributed by atoms with Crippen LogP contribution in [0.15, 0.2) is 0 Å². The molecule has 7 heteroatoms. The molecule has 1 heterocycles. The van der Waals surface area contributed by atoms with Gasteiger partial charge in [-0.25, -0.2) is 4.79 Å². The summed E-state index contributed by atoms with van der Waals surface area (Å²) in [6.07, 6.45) is 0.323. The molecule has 0 bridgehead atoms. The zero-order chi connectivity index (χ0) is 12.1. The van der Waals surface area contributed by atoms with Gasteiger partial charge < -0.3 is 15.3 Å². The largest absolute Gasteiger partial charge is 0.480 e. The van der Waals surface area contributed by atoms with Crippen molar-refractivity contribution in [2.75, 3.05) is 18.2 Å². The summed E-state index contributed by atoms with van der Waals surface area (Å²) in [5, 5.41) is 11.1. The molecular weight excluding hydrogens is 232 g/mol. The van der Waals surface area contributed by atoms with Crippen LogP contribution in [-0.4, -0.2) is 52.0 Å². The van der Waals surface area contributed by atoms with Crippen molar-refractivity contribution in [1.29, 1.82) is 0 Å². The summed E-state index contributed by atoms with van der Waals surface area (Å²) in [4.78, 5) is 34.7. The normalized spacial score (nSPS) is 17.3. The molecule has 1 aliphatic heterocycles. The summed E-state index contributed by atoms with van der Waals surface area (Å²) in [5.41, 5.74) is 0. The second kappa shape index (κ2) is 5.74. The Labute approximate surface area is 97.4 Å². The first-order valence-electron chi connectivity index (χ1n) is 4.92. The van der Waals surface area contributed by atoms with Crippen molar-refractivity contribution >= 4 is 29.5 Å². The summed E-state index contributed by atoms with van der Waals surface area (Å²) in [7, 11) is 0. The highest BCUT2D eigenvalue weighted by atomic mass is 32.2. The first kappa shape index (κ1) is 12.8. The lowest BCUT2D eigenvalue weighted by Gasteiger charge is -2.17. The van der Waals surface area contributed by atoms with E-state index in [1.54, 1.807) is 6.92 Å². The predicted molar refractivity (Wildman–Crippen MR) is 58.9 cm³/mol. The summed E-state index contributed by atoms with van der Waals surface area (Å²) in [6, 6.07) is -0.877. The molecule has 1 fully saturated rings. The third-order valence-corrected chi connectivity index (χ3v) is 3.15. The Hall–Kier alpha value is -1.24. The summed E-state index contributed by atoms with van der Waals surface area (Å²) >= 11 is 1.44. The van der Waals surface area contributed by atoms with Gasteiger partial charge in [0, 0.05) is 0 Å². The highest BCUT2D eigenvalue weighted by Gasteiger charge is 2.24. The van der Waals surface area contributed by atoms with E-state index in [1.807, 2.05) is 0 Å². The van der Waals surface area contributed by atoms with E-state index in [0.29, 0.717) is 18.1 Å². The van der Waals surface area contributed by atoms with Crippen LogP contribution in [0.2, 0.25) is 0 Å². The first-order chi connectivity index (χ1) is 7.54. The van der Waals surface area contributed by atoms with Gasteiger partial charge in [-0.05, 0) is 6.42 Å². The van der Waals surface area contributed by atoms with Crippen molar-refractivity contribution in [1.82, 2.24) is 10.2 Å². The number of aliphatic carboxylic acids is 1. The van der Waals surface area contributed by atoms with Crippen molar-refractivity contribution in [3.63, 3.8) is 0 Å². The molecule has 0 aromatic heterocycles. The number of carbonyl (C=O) groups excluding carboxylic acids is 2. The van der Waals surface area contributed by atoms with Crippen molar-refractivity contribution in [3.05, 3.63) is 0 Å². The van der Waals surface area contributed by atoms with Crippen LogP contribution in [0.5, 0.6) is 0 Å².